The molecular formula is C15H19NO4. The van der Waals surface area contributed by atoms with Crippen molar-refractivity contribution in [1.82, 2.24) is 4.90 Å². The molecule has 0 saturated carbocycles. The maximum absolute atomic E-state index is 12.3. The average molecular weight is 277 g/mol. The van der Waals surface area contributed by atoms with E-state index in [1.165, 1.54) is 7.11 Å². The fraction of sp³-hybridized carbons (Fsp3) is 0.467. The second kappa shape index (κ2) is 6.52. The highest BCUT2D eigenvalue weighted by molar-refractivity contribution is 5.81. The Balaban J connectivity index is 1.97. The van der Waals surface area contributed by atoms with E-state index in [0.29, 0.717) is 19.6 Å². The fourth-order valence-corrected chi connectivity index (χ4v) is 2.26. The van der Waals surface area contributed by atoms with Gasteiger partial charge in [0.15, 0.2) is 6.10 Å². The Morgan fingerprint density at radius 3 is 2.95 bits per heavy atom. The molecule has 0 aromatic heterocycles. The van der Waals surface area contributed by atoms with Crippen LogP contribution in [-0.2, 0) is 25.5 Å². The maximum atomic E-state index is 12.3. The Morgan fingerprint density at radius 1 is 1.45 bits per heavy atom. The van der Waals surface area contributed by atoms with Gasteiger partial charge in [0, 0.05) is 6.54 Å². The molecular weight excluding hydrogens is 258 g/mol. The second-order valence-electron chi connectivity index (χ2n) is 4.89. The monoisotopic (exact) mass is 277 g/mol. The molecule has 0 radical (unpaired) electrons. The van der Waals surface area contributed by atoms with Gasteiger partial charge in [-0.2, -0.15) is 0 Å². The molecule has 1 unspecified atom stereocenters. The molecule has 1 aromatic rings. The van der Waals surface area contributed by atoms with Crippen LogP contribution in [0.25, 0.3) is 0 Å². The van der Waals surface area contributed by atoms with Gasteiger partial charge in [0.25, 0.3) is 0 Å². The summed E-state index contributed by atoms with van der Waals surface area (Å²) in [6.45, 7) is 3.13. The number of hydrogen-bond acceptors (Lipinski definition) is 4. The average Bonchev–Trinajstić information content (AvgIpc) is 2.46. The van der Waals surface area contributed by atoms with E-state index in [2.05, 4.69) is 4.74 Å². The van der Waals surface area contributed by atoms with Gasteiger partial charge in [-0.25, -0.2) is 4.79 Å². The number of carbonyl (C=O) groups is 2. The van der Waals surface area contributed by atoms with Crippen molar-refractivity contribution in [3.63, 3.8) is 0 Å². The molecule has 1 aliphatic heterocycles. The van der Waals surface area contributed by atoms with Crippen molar-refractivity contribution in [3.8, 4) is 0 Å². The van der Waals surface area contributed by atoms with E-state index in [0.717, 1.165) is 11.1 Å². The van der Waals surface area contributed by atoms with E-state index in [1.807, 2.05) is 31.2 Å². The molecule has 1 aliphatic rings. The molecule has 1 heterocycles. The summed E-state index contributed by atoms with van der Waals surface area (Å²) in [4.78, 5) is 25.4. The molecule has 0 bridgehead atoms. The number of carbonyl (C=O) groups excluding carboxylic acids is 2. The van der Waals surface area contributed by atoms with E-state index in [4.69, 9.17) is 4.74 Å². The van der Waals surface area contributed by atoms with Crippen LogP contribution in [0, 0.1) is 6.92 Å². The highest BCUT2D eigenvalue weighted by Crippen LogP contribution is 2.11. The molecule has 0 aliphatic carbocycles. The molecule has 1 amide bonds. The summed E-state index contributed by atoms with van der Waals surface area (Å²) in [6, 6.07) is 7.86. The molecule has 1 fully saturated rings. The lowest BCUT2D eigenvalue weighted by Gasteiger charge is -2.31. The van der Waals surface area contributed by atoms with Crippen molar-refractivity contribution in [2.24, 2.45) is 0 Å². The zero-order chi connectivity index (χ0) is 14.5. The minimum absolute atomic E-state index is 0.00723. The third-order valence-electron chi connectivity index (χ3n) is 3.32. The number of ether oxygens (including phenoxy) is 2. The van der Waals surface area contributed by atoms with E-state index in [9.17, 15) is 9.59 Å². The van der Waals surface area contributed by atoms with Crippen LogP contribution in [0.2, 0.25) is 0 Å². The smallest absolute Gasteiger partial charge is 0.336 e. The van der Waals surface area contributed by atoms with Gasteiger partial charge in [0.1, 0.15) is 0 Å². The number of amides is 1. The zero-order valence-corrected chi connectivity index (χ0v) is 11.8. The molecule has 1 atom stereocenters. The Labute approximate surface area is 118 Å². The summed E-state index contributed by atoms with van der Waals surface area (Å²) >= 11 is 0. The van der Waals surface area contributed by atoms with Gasteiger partial charge < -0.3 is 14.4 Å². The Kier molecular flexibility index (Phi) is 4.74. The molecule has 2 rings (SSSR count). The van der Waals surface area contributed by atoms with Crippen molar-refractivity contribution in [3.05, 3.63) is 35.4 Å². The maximum Gasteiger partial charge on any atom is 0.336 e. The Morgan fingerprint density at radius 2 is 2.25 bits per heavy atom. The molecule has 0 N–H and O–H groups in total. The topological polar surface area (TPSA) is 55.8 Å². The predicted octanol–water partition coefficient (Wildman–Crippen LogP) is 0.938. The summed E-state index contributed by atoms with van der Waals surface area (Å²) in [6.07, 6.45) is -0.328. The van der Waals surface area contributed by atoms with Gasteiger partial charge in [-0.1, -0.05) is 29.8 Å². The number of nitrogens with zero attached hydrogens (tertiary/aromatic N) is 1. The van der Waals surface area contributed by atoms with Gasteiger partial charge in [-0.15, -0.1) is 0 Å². The molecule has 0 spiro atoms. The van der Waals surface area contributed by atoms with Crippen LogP contribution in [0.15, 0.2) is 24.3 Å². The van der Waals surface area contributed by atoms with Crippen LogP contribution >= 0.6 is 0 Å². The molecule has 1 aromatic carbocycles. The summed E-state index contributed by atoms with van der Waals surface area (Å²) in [5.74, 6) is -0.425. The van der Waals surface area contributed by atoms with E-state index in [1.54, 1.807) is 4.90 Å². The van der Waals surface area contributed by atoms with E-state index in [-0.39, 0.29) is 12.5 Å². The van der Waals surface area contributed by atoms with Crippen LogP contribution in [0.3, 0.4) is 0 Å². The van der Waals surface area contributed by atoms with Crippen LogP contribution in [0.4, 0.5) is 0 Å². The number of morpholine rings is 1. The fourth-order valence-electron chi connectivity index (χ4n) is 2.26. The number of rotatable bonds is 3. The summed E-state index contributed by atoms with van der Waals surface area (Å²) in [7, 11) is 1.32. The quantitative estimate of drug-likeness (QED) is 0.772. The van der Waals surface area contributed by atoms with Crippen molar-refractivity contribution < 1.29 is 19.1 Å². The third kappa shape index (κ3) is 3.57. The molecule has 5 nitrogen and oxygen atoms in total. The van der Waals surface area contributed by atoms with Gasteiger partial charge >= 0.3 is 5.97 Å². The van der Waals surface area contributed by atoms with Gasteiger partial charge in [0.2, 0.25) is 5.91 Å². The lowest BCUT2D eigenvalue weighted by Crippen LogP contribution is -2.49. The van der Waals surface area contributed by atoms with Crippen LogP contribution < -0.4 is 0 Å². The summed E-state index contributed by atoms with van der Waals surface area (Å²) in [5, 5.41) is 0. The highest BCUT2D eigenvalue weighted by Gasteiger charge is 2.29. The van der Waals surface area contributed by atoms with E-state index < -0.39 is 12.1 Å². The summed E-state index contributed by atoms with van der Waals surface area (Å²) in [5.41, 5.74) is 2.11. The summed E-state index contributed by atoms with van der Waals surface area (Å²) < 4.78 is 9.96. The number of benzene rings is 1. The highest BCUT2D eigenvalue weighted by atomic mass is 16.6. The van der Waals surface area contributed by atoms with Crippen molar-refractivity contribution in [2.75, 3.05) is 26.8 Å². The second-order valence-corrected chi connectivity index (χ2v) is 4.89. The van der Waals surface area contributed by atoms with Crippen LogP contribution in [0.5, 0.6) is 0 Å². The lowest BCUT2D eigenvalue weighted by molar-refractivity contribution is -0.162. The van der Waals surface area contributed by atoms with Crippen molar-refractivity contribution in [1.29, 1.82) is 0 Å². The first-order chi connectivity index (χ1) is 9.60. The zero-order valence-electron chi connectivity index (χ0n) is 11.8. The van der Waals surface area contributed by atoms with Gasteiger partial charge in [0.05, 0.1) is 26.7 Å². The van der Waals surface area contributed by atoms with Gasteiger partial charge in [-0.05, 0) is 12.5 Å². The number of aryl methyl sites for hydroxylation is 1. The number of methoxy groups -OCH3 is 1. The Bertz CT molecular complexity index is 500. The SMILES string of the molecule is COC(=O)C1CN(C(=O)Cc2cccc(C)c2)CCO1. The first-order valence-electron chi connectivity index (χ1n) is 6.63. The molecule has 20 heavy (non-hydrogen) atoms. The minimum Gasteiger partial charge on any atom is -0.467 e. The molecule has 108 valence electrons. The molecule has 5 heteroatoms. The van der Waals surface area contributed by atoms with E-state index >= 15 is 0 Å². The Hall–Kier alpha value is -1.88. The normalized spacial score (nSPS) is 18.7. The minimum atomic E-state index is -0.671. The standard InChI is InChI=1S/C15H19NO4/c1-11-4-3-5-12(8-11)9-14(17)16-6-7-20-13(10-16)15(18)19-2/h3-5,8,13H,6-7,9-10H2,1-2H3. The van der Waals surface area contributed by atoms with Crippen LogP contribution in [-0.4, -0.2) is 49.7 Å². The van der Waals surface area contributed by atoms with Crippen molar-refractivity contribution >= 4 is 11.9 Å². The third-order valence-corrected chi connectivity index (χ3v) is 3.32. The number of hydrogen-bond donors (Lipinski definition) is 0. The lowest BCUT2D eigenvalue weighted by atomic mass is 10.1. The first-order valence-corrected chi connectivity index (χ1v) is 6.63. The van der Waals surface area contributed by atoms with Crippen LogP contribution in [0.1, 0.15) is 11.1 Å². The van der Waals surface area contributed by atoms with Crippen molar-refractivity contribution in [2.45, 2.75) is 19.4 Å². The largest absolute Gasteiger partial charge is 0.467 e. The number of esters is 1. The first kappa shape index (κ1) is 14.5. The van der Waals surface area contributed by atoms with Gasteiger partial charge in [-0.3, -0.25) is 4.79 Å². The predicted molar refractivity (Wildman–Crippen MR) is 73.2 cm³/mol. The molecule has 1 saturated heterocycles.